The number of nitrogens with zero attached hydrogens (tertiary/aromatic N) is 2. The molecule has 0 amide bonds. The van der Waals surface area contributed by atoms with E-state index in [4.69, 9.17) is 47.4 Å². The molecule has 68 heavy (non-hydrogen) atoms. The molecule has 3 saturated heterocycles. The zero-order chi connectivity index (χ0) is 50.6. The second kappa shape index (κ2) is 26.5. The number of esters is 3. The summed E-state index contributed by atoms with van der Waals surface area (Å²) in [6.45, 7) is 15.9. The molecule has 0 aliphatic carbocycles. The molecule has 7 unspecified atom stereocenters. The van der Waals surface area contributed by atoms with Crippen LogP contribution < -0.4 is 0 Å². The maximum atomic E-state index is 13.5. The van der Waals surface area contributed by atoms with E-state index in [0.717, 1.165) is 12.7 Å². The smallest absolute Gasteiger partial charge is 0.309 e. The van der Waals surface area contributed by atoms with Gasteiger partial charge in [-0.2, -0.15) is 0 Å². The van der Waals surface area contributed by atoms with Crippen molar-refractivity contribution in [1.29, 1.82) is 0 Å². The Morgan fingerprint density at radius 1 is 0.897 bits per heavy atom. The highest BCUT2D eigenvalue weighted by Gasteiger charge is 2.53. The molecule has 0 radical (unpaired) electrons. The normalized spacial score (nSPS) is 41.2. The number of carbonyl (C=O) groups is 4. The molecule has 0 saturated carbocycles. The van der Waals surface area contributed by atoms with Gasteiger partial charge in [0, 0.05) is 45.8 Å². The van der Waals surface area contributed by atoms with Crippen LogP contribution in [0.3, 0.4) is 0 Å². The SMILES string of the molecule is COC1C(OC(C)=O)CC(=O)OC(C)C/C=C/C=C/C(O[C@@H]2CC[C@H](N(C)C)[C@@H](C)O2)C(C)CC(CC=O)C1O[C@H]1O[C@@H](C)[C@H](O[C@H]2C[C@](C)(O)[C@@H](OC(=O)CC(C)C)[C@@H](C)O2)[C@@H](N(C)C)[C@H]1O. The fourth-order valence-corrected chi connectivity index (χ4v) is 10.1. The van der Waals surface area contributed by atoms with Gasteiger partial charge in [0.15, 0.2) is 25.0 Å². The Morgan fingerprint density at radius 2 is 1.59 bits per heavy atom. The van der Waals surface area contributed by atoms with Crippen molar-refractivity contribution >= 4 is 24.2 Å². The van der Waals surface area contributed by atoms with Crippen LogP contribution in [0.4, 0.5) is 0 Å². The third kappa shape index (κ3) is 16.3. The quantitative estimate of drug-likeness (QED) is 0.132. The number of aliphatic hydroxyl groups is 2. The summed E-state index contributed by atoms with van der Waals surface area (Å²) in [6.07, 6.45) is -1.77. The first-order valence-electron chi connectivity index (χ1n) is 24.5. The number of methoxy groups -OCH3 is 1. The van der Waals surface area contributed by atoms with E-state index < -0.39 is 122 Å². The van der Waals surface area contributed by atoms with E-state index in [1.807, 2.05) is 66.1 Å². The minimum atomic E-state index is -1.51. The van der Waals surface area contributed by atoms with Gasteiger partial charge in [-0.1, -0.05) is 45.1 Å². The number of hydrogen-bond donors (Lipinski definition) is 2. The summed E-state index contributed by atoms with van der Waals surface area (Å²) in [6, 6.07) is -0.550. The minimum Gasteiger partial charge on any atom is -0.462 e. The van der Waals surface area contributed by atoms with Crippen molar-refractivity contribution in [3.8, 4) is 0 Å². The lowest BCUT2D eigenvalue weighted by atomic mass is 9.82. The van der Waals surface area contributed by atoms with Crippen molar-refractivity contribution in [3.63, 3.8) is 0 Å². The van der Waals surface area contributed by atoms with Crippen molar-refractivity contribution < 1.29 is 76.8 Å². The van der Waals surface area contributed by atoms with Gasteiger partial charge in [0.1, 0.15) is 42.4 Å². The lowest BCUT2D eigenvalue weighted by molar-refractivity contribution is -0.344. The van der Waals surface area contributed by atoms with Gasteiger partial charge in [0.25, 0.3) is 0 Å². The predicted octanol–water partition coefficient (Wildman–Crippen LogP) is 4.49. The van der Waals surface area contributed by atoms with Crippen LogP contribution in [0.5, 0.6) is 0 Å². The third-order valence-corrected chi connectivity index (χ3v) is 13.5. The molecule has 19 atom stereocenters. The highest BCUT2D eigenvalue weighted by Crippen LogP contribution is 2.38. The summed E-state index contributed by atoms with van der Waals surface area (Å²) in [4.78, 5) is 55.5. The number of allylic oxidation sites excluding steroid dienone is 2. The highest BCUT2D eigenvalue weighted by atomic mass is 16.7. The van der Waals surface area contributed by atoms with E-state index in [9.17, 15) is 29.4 Å². The summed E-state index contributed by atoms with van der Waals surface area (Å²) in [5.41, 5.74) is -1.51. The predicted molar refractivity (Wildman–Crippen MR) is 250 cm³/mol. The molecular weight excluding hydrogens is 885 g/mol. The molecule has 18 nitrogen and oxygen atoms in total. The van der Waals surface area contributed by atoms with Crippen LogP contribution in [0, 0.1) is 17.8 Å². The van der Waals surface area contributed by atoms with Gasteiger partial charge in [-0.15, -0.1) is 0 Å². The number of aldehydes is 1. The largest absolute Gasteiger partial charge is 0.462 e. The lowest BCUT2D eigenvalue weighted by Crippen LogP contribution is -2.66. The molecule has 0 aromatic rings. The molecule has 0 aromatic carbocycles. The van der Waals surface area contributed by atoms with Gasteiger partial charge in [-0.3, -0.25) is 14.4 Å². The number of likely N-dealkylation sites (N-methyl/N-ethyl adjacent to an activating group) is 2. The van der Waals surface area contributed by atoms with Crippen molar-refractivity contribution in [2.75, 3.05) is 35.3 Å². The summed E-state index contributed by atoms with van der Waals surface area (Å²) in [5, 5.41) is 23.9. The summed E-state index contributed by atoms with van der Waals surface area (Å²) < 4.78 is 62.7. The molecule has 4 aliphatic heterocycles. The Balaban J connectivity index is 1.69. The van der Waals surface area contributed by atoms with Crippen LogP contribution in [0.25, 0.3) is 0 Å². The van der Waals surface area contributed by atoms with Crippen molar-refractivity contribution in [1.82, 2.24) is 9.80 Å². The van der Waals surface area contributed by atoms with E-state index >= 15 is 0 Å². The van der Waals surface area contributed by atoms with Crippen molar-refractivity contribution in [3.05, 3.63) is 24.3 Å². The van der Waals surface area contributed by atoms with E-state index in [-0.39, 0.29) is 43.2 Å². The molecule has 390 valence electrons. The second-order valence-corrected chi connectivity index (χ2v) is 20.5. The molecule has 18 heteroatoms. The summed E-state index contributed by atoms with van der Waals surface area (Å²) in [7, 11) is 9.01. The van der Waals surface area contributed by atoms with E-state index in [0.29, 0.717) is 19.3 Å². The first kappa shape index (κ1) is 57.7. The zero-order valence-corrected chi connectivity index (χ0v) is 43.0. The van der Waals surface area contributed by atoms with Crippen LogP contribution in [-0.2, 0) is 66.5 Å². The van der Waals surface area contributed by atoms with E-state index in [1.54, 1.807) is 46.7 Å². The number of hydrogen-bond acceptors (Lipinski definition) is 18. The number of rotatable bonds is 15. The first-order valence-corrected chi connectivity index (χ1v) is 24.5. The lowest BCUT2D eigenvalue weighted by Gasteiger charge is -2.50. The van der Waals surface area contributed by atoms with Gasteiger partial charge in [-0.05, 0) is 99.8 Å². The van der Waals surface area contributed by atoms with Crippen LogP contribution in [0.15, 0.2) is 24.3 Å². The molecule has 4 aliphatic rings. The Kier molecular flexibility index (Phi) is 22.5. The number of carbonyl (C=O) groups excluding carboxylic acids is 4. The molecular formula is C50H84N2O16. The average molecular weight is 969 g/mol. The van der Waals surface area contributed by atoms with Gasteiger partial charge in [-0.25, -0.2) is 0 Å². The first-order chi connectivity index (χ1) is 31.9. The summed E-state index contributed by atoms with van der Waals surface area (Å²) in [5.74, 6) is -2.62. The Labute approximate surface area is 404 Å². The van der Waals surface area contributed by atoms with Crippen LogP contribution in [0.2, 0.25) is 0 Å². The molecule has 4 heterocycles. The number of cyclic esters (lactones) is 1. The average Bonchev–Trinajstić information content (AvgIpc) is 3.21. The van der Waals surface area contributed by atoms with E-state index in [1.165, 1.54) is 14.0 Å². The molecule has 0 aromatic heterocycles. The fourth-order valence-electron chi connectivity index (χ4n) is 10.1. The maximum Gasteiger partial charge on any atom is 0.309 e. The number of aliphatic hydroxyl groups excluding tert-OH is 1. The summed E-state index contributed by atoms with van der Waals surface area (Å²) >= 11 is 0. The van der Waals surface area contributed by atoms with Crippen LogP contribution in [-0.4, -0.2) is 183 Å². The second-order valence-electron chi connectivity index (χ2n) is 20.5. The van der Waals surface area contributed by atoms with Gasteiger partial charge in [0.05, 0.1) is 43.0 Å². The molecule has 3 fully saturated rings. The van der Waals surface area contributed by atoms with Gasteiger partial charge >= 0.3 is 17.9 Å². The van der Waals surface area contributed by atoms with Gasteiger partial charge in [0.2, 0.25) is 0 Å². The third-order valence-electron chi connectivity index (χ3n) is 13.5. The van der Waals surface area contributed by atoms with Crippen molar-refractivity contribution in [2.24, 2.45) is 17.8 Å². The van der Waals surface area contributed by atoms with Crippen molar-refractivity contribution in [2.45, 2.75) is 217 Å². The fraction of sp³-hybridized carbons (Fsp3) is 0.840. The molecule has 4 rings (SSSR count). The Morgan fingerprint density at radius 3 is 2.18 bits per heavy atom. The Bertz CT molecular complexity index is 1660. The molecule has 0 bridgehead atoms. The van der Waals surface area contributed by atoms with Crippen LogP contribution >= 0.6 is 0 Å². The molecule has 0 spiro atoms. The van der Waals surface area contributed by atoms with Gasteiger partial charge < -0.3 is 72.2 Å². The highest BCUT2D eigenvalue weighted by molar-refractivity contribution is 5.72. The van der Waals surface area contributed by atoms with E-state index in [2.05, 4.69) is 4.90 Å². The number of ether oxygens (including phenoxy) is 10. The zero-order valence-electron chi connectivity index (χ0n) is 43.0. The maximum absolute atomic E-state index is 13.5. The standard InChI is InChI=1S/C50H84N2O16/c1-28(2)24-39(55)66-48-33(7)62-42(27-50(48,9)58)67-45-32(6)63-49(44(57)43(45)52(12)13)68-46-35(22-23-53)25-29(3)37(65-41-21-20-36(51(10)11)31(5)61-41)19-17-15-16-18-30(4)60-40(56)26-38(47(46)59-14)64-34(8)54/h15-17,19,23,28-33,35-38,41-49,57-58H,18,20-22,24-27H2,1-14H3/b16-15+,19-17+/t29?,30?,31-,32+,33-,35?,36+,37?,38?,41-,42+,43+,44-,45+,46?,47?,48+,49-,50+/m1/s1. The van der Waals surface area contributed by atoms with Crippen LogP contribution in [0.1, 0.15) is 114 Å². The topological polar surface area (TPSA) is 208 Å². The molecule has 2 N–H and O–H groups in total. The monoisotopic (exact) mass is 969 g/mol. The minimum absolute atomic E-state index is 0.0447. The Hall–Kier alpha value is -2.88.